The van der Waals surface area contributed by atoms with Gasteiger partial charge in [-0.15, -0.1) is 0 Å². The van der Waals surface area contributed by atoms with Gasteiger partial charge in [0.2, 0.25) is 5.91 Å². The molecule has 0 aromatic heterocycles. The van der Waals surface area contributed by atoms with Crippen LogP contribution >= 0.6 is 0 Å². The van der Waals surface area contributed by atoms with E-state index in [4.69, 9.17) is 4.74 Å². The highest BCUT2D eigenvalue weighted by Gasteiger charge is 2.28. The van der Waals surface area contributed by atoms with Crippen LogP contribution < -0.4 is 5.32 Å². The molecule has 17 heavy (non-hydrogen) atoms. The average Bonchev–Trinajstić information content (AvgIpc) is 2.27. The number of ether oxygens (including phenoxy) is 1. The van der Waals surface area contributed by atoms with Crippen LogP contribution in [0, 0.1) is 0 Å². The molecular weight excluding hydrogens is 216 g/mol. The maximum Gasteiger partial charge on any atom is 0.249 e. The zero-order valence-electron chi connectivity index (χ0n) is 11.7. The van der Waals surface area contributed by atoms with E-state index < -0.39 is 0 Å². The fourth-order valence-electron chi connectivity index (χ4n) is 2.12. The monoisotopic (exact) mass is 242 g/mol. The van der Waals surface area contributed by atoms with Crippen molar-refractivity contribution in [3.63, 3.8) is 0 Å². The summed E-state index contributed by atoms with van der Waals surface area (Å²) in [7, 11) is 1.56. The Kier molecular flexibility index (Phi) is 4.95. The van der Waals surface area contributed by atoms with Crippen molar-refractivity contribution in [3.05, 3.63) is 0 Å². The predicted octanol–water partition coefficient (Wildman–Crippen LogP) is 1.40. The van der Waals surface area contributed by atoms with Gasteiger partial charge in [-0.1, -0.05) is 0 Å². The third-order valence-corrected chi connectivity index (χ3v) is 3.51. The van der Waals surface area contributed by atoms with Crippen molar-refractivity contribution in [2.75, 3.05) is 20.2 Å². The van der Waals surface area contributed by atoms with E-state index in [0.29, 0.717) is 6.04 Å². The van der Waals surface area contributed by atoms with Crippen molar-refractivity contribution in [3.8, 4) is 0 Å². The fraction of sp³-hybridized carbons (Fsp3) is 0.923. The molecule has 0 saturated carbocycles. The van der Waals surface area contributed by atoms with Gasteiger partial charge >= 0.3 is 0 Å². The van der Waals surface area contributed by atoms with Gasteiger partial charge in [0.15, 0.2) is 0 Å². The molecule has 0 aromatic carbocycles. The lowest BCUT2D eigenvalue weighted by Crippen LogP contribution is -2.52. The molecule has 1 N–H and O–H groups in total. The average molecular weight is 242 g/mol. The number of amides is 1. The summed E-state index contributed by atoms with van der Waals surface area (Å²) in [6.45, 7) is 10.6. The second kappa shape index (κ2) is 5.83. The normalized spacial score (nSPS) is 21.2. The minimum Gasteiger partial charge on any atom is -0.372 e. The third kappa shape index (κ3) is 4.28. The summed E-state index contributed by atoms with van der Waals surface area (Å²) in [6, 6.07) is 0.304. The van der Waals surface area contributed by atoms with Crippen molar-refractivity contribution in [2.45, 2.75) is 58.2 Å². The number of hydrogen-bond acceptors (Lipinski definition) is 3. The highest BCUT2D eigenvalue weighted by molar-refractivity contribution is 5.80. The number of rotatable bonds is 3. The molecule has 0 radical (unpaired) electrons. The van der Waals surface area contributed by atoms with Crippen LogP contribution in [-0.4, -0.2) is 48.7 Å². The summed E-state index contributed by atoms with van der Waals surface area (Å²) in [5.74, 6) is 0.00158. The van der Waals surface area contributed by atoms with Crippen LogP contribution in [0.25, 0.3) is 0 Å². The molecule has 0 aliphatic carbocycles. The molecule has 1 unspecified atom stereocenters. The first-order valence-corrected chi connectivity index (χ1v) is 6.43. The summed E-state index contributed by atoms with van der Waals surface area (Å²) in [4.78, 5) is 14.1. The minimum atomic E-state index is -0.351. The molecule has 0 aromatic rings. The number of likely N-dealkylation sites (tertiary alicyclic amines) is 1. The smallest absolute Gasteiger partial charge is 0.249 e. The van der Waals surface area contributed by atoms with E-state index in [1.807, 2.05) is 0 Å². The minimum absolute atomic E-state index is 0.00158. The third-order valence-electron chi connectivity index (χ3n) is 3.51. The molecule has 1 aliphatic rings. The van der Waals surface area contributed by atoms with Crippen LogP contribution in [0.3, 0.4) is 0 Å². The molecule has 0 spiro atoms. The van der Waals surface area contributed by atoms with E-state index in [1.165, 1.54) is 0 Å². The fourth-order valence-corrected chi connectivity index (χ4v) is 2.12. The molecule has 1 aliphatic heterocycles. The van der Waals surface area contributed by atoms with Gasteiger partial charge in [-0.3, -0.25) is 9.69 Å². The van der Waals surface area contributed by atoms with Crippen LogP contribution in [0.2, 0.25) is 0 Å². The van der Waals surface area contributed by atoms with Crippen LogP contribution in [0.4, 0.5) is 0 Å². The Morgan fingerprint density at radius 2 is 1.88 bits per heavy atom. The molecule has 1 saturated heterocycles. The Morgan fingerprint density at radius 3 is 2.29 bits per heavy atom. The van der Waals surface area contributed by atoms with Gasteiger partial charge in [0.1, 0.15) is 6.10 Å². The number of nitrogens with one attached hydrogen (secondary N) is 1. The van der Waals surface area contributed by atoms with Gasteiger partial charge in [-0.25, -0.2) is 0 Å². The Labute approximate surface area is 105 Å². The number of nitrogens with zero attached hydrogens (tertiary/aromatic N) is 1. The zero-order chi connectivity index (χ0) is 13.1. The lowest BCUT2D eigenvalue weighted by molar-refractivity contribution is -0.131. The maximum absolute atomic E-state index is 11.7. The van der Waals surface area contributed by atoms with E-state index in [9.17, 15) is 4.79 Å². The molecular formula is C13H26N2O2. The lowest BCUT2D eigenvalue weighted by Gasteiger charge is -2.41. The van der Waals surface area contributed by atoms with Gasteiger partial charge in [0, 0.05) is 31.8 Å². The molecule has 4 nitrogen and oxygen atoms in total. The van der Waals surface area contributed by atoms with Gasteiger partial charge in [0.25, 0.3) is 0 Å². The van der Waals surface area contributed by atoms with E-state index >= 15 is 0 Å². The number of carbonyl (C=O) groups is 1. The topological polar surface area (TPSA) is 41.6 Å². The van der Waals surface area contributed by atoms with E-state index in [-0.39, 0.29) is 17.6 Å². The summed E-state index contributed by atoms with van der Waals surface area (Å²) >= 11 is 0. The predicted molar refractivity (Wildman–Crippen MR) is 69.0 cm³/mol. The zero-order valence-corrected chi connectivity index (χ0v) is 11.7. The number of piperidine rings is 1. The Balaban J connectivity index is 2.35. The van der Waals surface area contributed by atoms with Crippen LogP contribution in [0.1, 0.15) is 40.5 Å². The Hall–Kier alpha value is -0.610. The Morgan fingerprint density at radius 1 is 1.35 bits per heavy atom. The largest absolute Gasteiger partial charge is 0.372 e. The molecule has 1 heterocycles. The van der Waals surface area contributed by atoms with Crippen LogP contribution in [0.15, 0.2) is 0 Å². The van der Waals surface area contributed by atoms with Gasteiger partial charge < -0.3 is 10.1 Å². The summed E-state index contributed by atoms with van der Waals surface area (Å²) in [5.41, 5.74) is 0.231. The highest BCUT2D eigenvalue weighted by Crippen LogP contribution is 2.20. The maximum atomic E-state index is 11.7. The molecule has 0 bridgehead atoms. The standard InChI is InChI=1S/C13H26N2O2/c1-10(17-5)12(16)14-11-6-8-15(9-7-11)13(2,3)4/h10-11H,6-9H2,1-5H3,(H,14,16). The van der Waals surface area contributed by atoms with E-state index in [1.54, 1.807) is 14.0 Å². The lowest BCUT2D eigenvalue weighted by atomic mass is 9.98. The first-order chi connectivity index (χ1) is 7.84. The van der Waals surface area contributed by atoms with Gasteiger partial charge in [-0.05, 0) is 40.5 Å². The molecule has 1 fully saturated rings. The molecule has 1 atom stereocenters. The van der Waals surface area contributed by atoms with Crippen LogP contribution in [-0.2, 0) is 9.53 Å². The van der Waals surface area contributed by atoms with Crippen LogP contribution in [0.5, 0.6) is 0 Å². The molecule has 4 heteroatoms. The second-order valence-electron chi connectivity index (χ2n) is 5.82. The second-order valence-corrected chi connectivity index (χ2v) is 5.82. The first-order valence-electron chi connectivity index (χ1n) is 6.43. The quantitative estimate of drug-likeness (QED) is 0.813. The van der Waals surface area contributed by atoms with Gasteiger partial charge in [0.05, 0.1) is 0 Å². The van der Waals surface area contributed by atoms with Crippen molar-refractivity contribution >= 4 is 5.91 Å². The molecule has 1 amide bonds. The number of carbonyl (C=O) groups excluding carboxylic acids is 1. The van der Waals surface area contributed by atoms with Crippen molar-refractivity contribution < 1.29 is 9.53 Å². The summed E-state index contributed by atoms with van der Waals surface area (Å²) in [5, 5.41) is 3.05. The van der Waals surface area contributed by atoms with E-state index in [0.717, 1.165) is 25.9 Å². The molecule has 100 valence electrons. The molecule has 1 rings (SSSR count). The highest BCUT2D eigenvalue weighted by atomic mass is 16.5. The van der Waals surface area contributed by atoms with Crippen molar-refractivity contribution in [1.29, 1.82) is 0 Å². The number of hydrogen-bond donors (Lipinski definition) is 1. The SMILES string of the molecule is COC(C)C(=O)NC1CCN(C(C)(C)C)CC1. The van der Waals surface area contributed by atoms with Crippen molar-refractivity contribution in [2.24, 2.45) is 0 Å². The summed E-state index contributed by atoms with van der Waals surface area (Å²) in [6.07, 6.45) is 1.70. The Bertz CT molecular complexity index is 253. The van der Waals surface area contributed by atoms with Crippen molar-refractivity contribution in [1.82, 2.24) is 10.2 Å². The number of methoxy groups -OCH3 is 1. The van der Waals surface area contributed by atoms with Gasteiger partial charge in [-0.2, -0.15) is 0 Å². The summed E-state index contributed by atoms with van der Waals surface area (Å²) < 4.78 is 5.01. The van der Waals surface area contributed by atoms with E-state index in [2.05, 4.69) is 31.0 Å². The first kappa shape index (κ1) is 14.5.